The Labute approximate surface area is 237 Å². The highest BCUT2D eigenvalue weighted by atomic mass is 32.2. The molecule has 11 nitrogen and oxygen atoms in total. The summed E-state index contributed by atoms with van der Waals surface area (Å²) in [6.07, 6.45) is 3.40. The first kappa shape index (κ1) is 28.1. The topological polar surface area (TPSA) is 148 Å². The van der Waals surface area contributed by atoms with Crippen LogP contribution in [0.4, 0.5) is 0 Å². The Morgan fingerprint density at radius 2 is 1.83 bits per heavy atom. The van der Waals surface area contributed by atoms with E-state index in [0.29, 0.717) is 39.4 Å². The molecule has 0 aliphatic heterocycles. The molecule has 0 saturated heterocycles. The number of ether oxygens (including phenoxy) is 2. The minimum absolute atomic E-state index is 0.0711. The molecular weight excluding hydrogens is 546 g/mol. The van der Waals surface area contributed by atoms with Crippen molar-refractivity contribution in [2.24, 2.45) is 7.05 Å². The number of nitrogens with one attached hydrogen (secondary N) is 2. The second-order valence-corrected chi connectivity index (χ2v) is 12.4. The van der Waals surface area contributed by atoms with E-state index in [0.717, 1.165) is 16.6 Å². The number of sulfone groups is 1. The number of benzene rings is 1. The highest BCUT2D eigenvalue weighted by molar-refractivity contribution is 7.91. The molecule has 1 aromatic carbocycles. The molecule has 41 heavy (non-hydrogen) atoms. The average Bonchev–Trinajstić information content (AvgIpc) is 3.51. The van der Waals surface area contributed by atoms with Crippen LogP contribution in [-0.2, 0) is 21.7 Å². The van der Waals surface area contributed by atoms with Gasteiger partial charge in [-0.2, -0.15) is 0 Å². The van der Waals surface area contributed by atoms with Crippen molar-refractivity contribution in [3.8, 4) is 22.9 Å². The summed E-state index contributed by atoms with van der Waals surface area (Å²) in [5, 5.41) is 11.9. The van der Waals surface area contributed by atoms with Gasteiger partial charge in [0.15, 0.2) is 15.6 Å². The lowest BCUT2D eigenvalue weighted by Crippen LogP contribution is -2.50. The standard InChI is InChI=1S/C29H31N5O6S/c1-16-7-9-17(10-8-16)41(37,38)27(33-29(2,3)28(35)36)18-11-12-30-25-19(18)13-21(31-25)20-15-34(4)22-14-23(39-5)26(40-6)32-24(20)22/h7-15,27,33H,1-6H3,(H,30,31)(H,35,36). The van der Waals surface area contributed by atoms with E-state index in [1.165, 1.54) is 39.3 Å². The molecule has 0 aliphatic rings. The first-order valence-corrected chi connectivity index (χ1v) is 14.3. The van der Waals surface area contributed by atoms with Gasteiger partial charge in [-0.25, -0.2) is 18.4 Å². The summed E-state index contributed by atoms with van der Waals surface area (Å²) in [7, 11) is 0.843. The number of aliphatic carboxylic acids is 1. The van der Waals surface area contributed by atoms with Gasteiger partial charge in [0, 0.05) is 36.5 Å². The van der Waals surface area contributed by atoms with Crippen LogP contribution in [-0.4, -0.2) is 58.8 Å². The van der Waals surface area contributed by atoms with Crippen molar-refractivity contribution in [1.29, 1.82) is 0 Å². The Morgan fingerprint density at radius 1 is 1.12 bits per heavy atom. The number of rotatable bonds is 9. The zero-order valence-corrected chi connectivity index (χ0v) is 24.3. The van der Waals surface area contributed by atoms with Crippen LogP contribution in [0.25, 0.3) is 33.3 Å². The maximum absolute atomic E-state index is 14.0. The number of H-pyrrole nitrogens is 1. The number of aromatic amines is 1. The van der Waals surface area contributed by atoms with Crippen molar-refractivity contribution < 1.29 is 27.8 Å². The van der Waals surface area contributed by atoms with Crippen molar-refractivity contribution in [3.05, 3.63) is 66.0 Å². The van der Waals surface area contributed by atoms with Crippen molar-refractivity contribution in [2.75, 3.05) is 14.2 Å². The van der Waals surface area contributed by atoms with Gasteiger partial charge >= 0.3 is 5.97 Å². The van der Waals surface area contributed by atoms with Gasteiger partial charge in [-0.05, 0) is 50.6 Å². The molecule has 0 radical (unpaired) electrons. The van der Waals surface area contributed by atoms with E-state index in [-0.39, 0.29) is 4.90 Å². The Bertz CT molecular complexity index is 1890. The Balaban J connectivity index is 1.71. The fourth-order valence-electron chi connectivity index (χ4n) is 4.75. The number of aromatic nitrogens is 4. The van der Waals surface area contributed by atoms with Crippen molar-refractivity contribution >= 4 is 37.9 Å². The van der Waals surface area contributed by atoms with E-state index in [9.17, 15) is 18.3 Å². The molecule has 5 rings (SSSR count). The number of hydrogen-bond donors (Lipinski definition) is 3. The number of fused-ring (bicyclic) bond motifs is 2. The van der Waals surface area contributed by atoms with E-state index in [2.05, 4.69) is 20.3 Å². The molecule has 214 valence electrons. The zero-order valence-electron chi connectivity index (χ0n) is 23.5. The normalized spacial score (nSPS) is 13.0. The van der Waals surface area contributed by atoms with E-state index < -0.39 is 26.7 Å². The summed E-state index contributed by atoms with van der Waals surface area (Å²) in [5.74, 6) is -0.371. The summed E-state index contributed by atoms with van der Waals surface area (Å²) >= 11 is 0. The molecule has 5 aromatic rings. The van der Waals surface area contributed by atoms with E-state index in [1.54, 1.807) is 31.4 Å². The third-order valence-electron chi connectivity index (χ3n) is 7.13. The molecule has 0 spiro atoms. The van der Waals surface area contributed by atoms with Gasteiger partial charge in [0.2, 0.25) is 0 Å². The maximum atomic E-state index is 14.0. The number of carboxylic acids is 1. The van der Waals surface area contributed by atoms with Gasteiger partial charge in [0.05, 0.1) is 30.3 Å². The van der Waals surface area contributed by atoms with Crippen LogP contribution in [0.5, 0.6) is 11.6 Å². The van der Waals surface area contributed by atoms with Gasteiger partial charge in [-0.1, -0.05) is 17.7 Å². The van der Waals surface area contributed by atoms with Gasteiger partial charge < -0.3 is 24.1 Å². The van der Waals surface area contributed by atoms with Gasteiger partial charge in [-0.3, -0.25) is 10.1 Å². The molecular formula is C29H31N5O6S. The van der Waals surface area contributed by atoms with Crippen LogP contribution >= 0.6 is 0 Å². The number of carboxylic acid groups (broad SMARTS) is 1. The summed E-state index contributed by atoms with van der Waals surface area (Å²) in [6, 6.07) is 11.7. The smallest absolute Gasteiger partial charge is 0.323 e. The number of pyridine rings is 2. The first-order valence-electron chi connectivity index (χ1n) is 12.7. The fourth-order valence-corrected chi connectivity index (χ4v) is 6.52. The number of hydrogen-bond acceptors (Lipinski definition) is 8. The average molecular weight is 578 g/mol. The lowest BCUT2D eigenvalue weighted by atomic mass is 10.0. The Hall–Kier alpha value is -4.42. The van der Waals surface area contributed by atoms with Crippen LogP contribution in [0.15, 0.2) is 59.8 Å². The lowest BCUT2D eigenvalue weighted by Gasteiger charge is -2.29. The molecule has 0 saturated carbocycles. The second kappa shape index (κ2) is 10.2. The first-order chi connectivity index (χ1) is 19.4. The number of aryl methyl sites for hydroxylation is 2. The van der Waals surface area contributed by atoms with Crippen molar-refractivity contribution in [2.45, 2.75) is 36.6 Å². The molecule has 0 amide bonds. The number of carbonyl (C=O) groups is 1. The molecule has 4 aromatic heterocycles. The van der Waals surface area contributed by atoms with Gasteiger partial charge in [0.1, 0.15) is 22.1 Å². The second-order valence-electron chi connectivity index (χ2n) is 10.4. The molecule has 3 N–H and O–H groups in total. The zero-order chi connectivity index (χ0) is 29.7. The molecule has 0 bridgehead atoms. The largest absolute Gasteiger partial charge is 0.491 e. The van der Waals surface area contributed by atoms with Crippen molar-refractivity contribution in [3.63, 3.8) is 0 Å². The molecule has 0 aliphatic carbocycles. The fraction of sp³-hybridized carbons (Fsp3) is 0.276. The third-order valence-corrected chi connectivity index (χ3v) is 9.05. The number of nitrogens with zero attached hydrogens (tertiary/aromatic N) is 3. The highest BCUT2D eigenvalue weighted by Crippen LogP contribution is 2.38. The monoisotopic (exact) mass is 577 g/mol. The van der Waals surface area contributed by atoms with Crippen LogP contribution in [0.2, 0.25) is 0 Å². The van der Waals surface area contributed by atoms with E-state index in [1.807, 2.05) is 30.8 Å². The predicted octanol–water partition coefficient (Wildman–Crippen LogP) is 4.37. The highest BCUT2D eigenvalue weighted by Gasteiger charge is 2.38. The van der Waals surface area contributed by atoms with Crippen LogP contribution in [0, 0.1) is 6.92 Å². The van der Waals surface area contributed by atoms with Crippen LogP contribution in [0.1, 0.15) is 30.3 Å². The Morgan fingerprint density at radius 3 is 2.46 bits per heavy atom. The lowest BCUT2D eigenvalue weighted by molar-refractivity contribution is -0.143. The molecule has 1 unspecified atom stereocenters. The summed E-state index contributed by atoms with van der Waals surface area (Å²) < 4.78 is 40.8. The summed E-state index contributed by atoms with van der Waals surface area (Å²) in [5.41, 5.74) is 2.97. The summed E-state index contributed by atoms with van der Waals surface area (Å²) in [6.45, 7) is 4.72. The molecule has 0 fully saturated rings. The molecule has 1 atom stereocenters. The minimum atomic E-state index is -4.09. The molecule has 12 heteroatoms. The minimum Gasteiger partial charge on any atom is -0.491 e. The summed E-state index contributed by atoms with van der Waals surface area (Å²) in [4.78, 5) is 24.5. The number of methoxy groups -OCH3 is 2. The van der Waals surface area contributed by atoms with Crippen LogP contribution in [0.3, 0.4) is 0 Å². The Kier molecular flexibility index (Phi) is 7.00. The quantitative estimate of drug-likeness (QED) is 0.232. The van der Waals surface area contributed by atoms with Crippen LogP contribution < -0.4 is 14.8 Å². The van der Waals surface area contributed by atoms with Crippen molar-refractivity contribution in [1.82, 2.24) is 24.8 Å². The van der Waals surface area contributed by atoms with Gasteiger partial charge in [0.25, 0.3) is 5.88 Å². The van der Waals surface area contributed by atoms with E-state index in [4.69, 9.17) is 9.47 Å². The predicted molar refractivity (Wildman–Crippen MR) is 155 cm³/mol. The van der Waals surface area contributed by atoms with Gasteiger partial charge in [-0.15, -0.1) is 0 Å². The van der Waals surface area contributed by atoms with E-state index >= 15 is 0 Å². The SMILES string of the molecule is COc1cc2c(nc1OC)c(-c1cc3c(C(NC(C)(C)C(=O)O)S(=O)(=O)c4ccc(C)cc4)ccnc3[nH]1)cn2C. The third kappa shape index (κ3) is 4.89. The molecule has 4 heterocycles. The maximum Gasteiger partial charge on any atom is 0.323 e.